The van der Waals surface area contributed by atoms with E-state index in [0.29, 0.717) is 0 Å². The molecular formula is C12H19N3O. The third-order valence-electron chi connectivity index (χ3n) is 3.16. The number of rotatable bonds is 2. The fourth-order valence-corrected chi connectivity index (χ4v) is 2.16. The first-order valence-electron chi connectivity index (χ1n) is 6.04. The van der Waals surface area contributed by atoms with Crippen molar-refractivity contribution >= 4 is 5.91 Å². The Bertz CT molecular complexity index is 378. The van der Waals surface area contributed by atoms with Crippen molar-refractivity contribution in [3.8, 4) is 0 Å². The smallest absolute Gasteiger partial charge is 0.272 e. The van der Waals surface area contributed by atoms with Crippen molar-refractivity contribution in [1.29, 1.82) is 0 Å². The van der Waals surface area contributed by atoms with E-state index in [0.717, 1.165) is 43.7 Å². The summed E-state index contributed by atoms with van der Waals surface area (Å²) in [6, 6.07) is 1.91. The van der Waals surface area contributed by atoms with E-state index in [1.807, 2.05) is 18.0 Å². The Labute approximate surface area is 96.2 Å². The van der Waals surface area contributed by atoms with Crippen molar-refractivity contribution in [3.05, 3.63) is 17.5 Å². The summed E-state index contributed by atoms with van der Waals surface area (Å²) >= 11 is 0. The fourth-order valence-electron chi connectivity index (χ4n) is 2.16. The highest BCUT2D eigenvalue weighted by Gasteiger charge is 2.21. The van der Waals surface area contributed by atoms with Crippen LogP contribution < -0.4 is 0 Å². The van der Waals surface area contributed by atoms with Crippen LogP contribution in [0.25, 0.3) is 0 Å². The van der Waals surface area contributed by atoms with E-state index in [-0.39, 0.29) is 5.91 Å². The van der Waals surface area contributed by atoms with E-state index in [4.69, 9.17) is 0 Å². The van der Waals surface area contributed by atoms with Crippen LogP contribution in [0, 0.1) is 0 Å². The number of hydrogen-bond acceptors (Lipinski definition) is 2. The van der Waals surface area contributed by atoms with Crippen LogP contribution in [0.15, 0.2) is 6.07 Å². The minimum atomic E-state index is 0.134. The van der Waals surface area contributed by atoms with Gasteiger partial charge in [0.25, 0.3) is 5.91 Å². The molecule has 0 atom stereocenters. The summed E-state index contributed by atoms with van der Waals surface area (Å²) in [7, 11) is 1.84. The maximum atomic E-state index is 12.2. The van der Waals surface area contributed by atoms with Crippen LogP contribution in [0.2, 0.25) is 0 Å². The Kier molecular flexibility index (Phi) is 3.27. The molecule has 2 heterocycles. The van der Waals surface area contributed by atoms with Crippen molar-refractivity contribution < 1.29 is 4.79 Å². The van der Waals surface area contributed by atoms with Gasteiger partial charge < -0.3 is 4.90 Å². The molecule has 1 saturated heterocycles. The molecule has 0 radical (unpaired) electrons. The van der Waals surface area contributed by atoms with Gasteiger partial charge in [0.2, 0.25) is 0 Å². The molecule has 0 N–H and O–H groups in total. The zero-order valence-corrected chi connectivity index (χ0v) is 10.1. The van der Waals surface area contributed by atoms with Gasteiger partial charge in [-0.3, -0.25) is 9.48 Å². The number of carbonyl (C=O) groups excluding carboxylic acids is 1. The van der Waals surface area contributed by atoms with Crippen molar-refractivity contribution in [2.24, 2.45) is 7.05 Å². The summed E-state index contributed by atoms with van der Waals surface area (Å²) in [4.78, 5) is 14.2. The monoisotopic (exact) mass is 221 g/mol. The molecule has 0 spiro atoms. The second-order valence-corrected chi connectivity index (χ2v) is 4.35. The first-order chi connectivity index (χ1) is 7.72. The second-order valence-electron chi connectivity index (χ2n) is 4.35. The Morgan fingerprint density at radius 3 is 2.62 bits per heavy atom. The number of amides is 1. The molecule has 1 aromatic rings. The molecule has 1 aromatic heterocycles. The van der Waals surface area contributed by atoms with E-state index in [1.54, 1.807) is 4.68 Å². The van der Waals surface area contributed by atoms with Gasteiger partial charge in [-0.05, 0) is 31.7 Å². The Morgan fingerprint density at radius 1 is 1.38 bits per heavy atom. The Balaban J connectivity index is 2.15. The maximum absolute atomic E-state index is 12.2. The molecule has 1 aliphatic heterocycles. The number of nitrogens with zero attached hydrogens (tertiary/aromatic N) is 3. The van der Waals surface area contributed by atoms with Gasteiger partial charge in [-0.2, -0.15) is 5.10 Å². The van der Waals surface area contributed by atoms with Crippen LogP contribution in [-0.2, 0) is 13.5 Å². The summed E-state index contributed by atoms with van der Waals surface area (Å²) in [5, 5.41) is 4.31. The van der Waals surface area contributed by atoms with Crippen LogP contribution in [0.1, 0.15) is 42.4 Å². The number of piperidine rings is 1. The quantitative estimate of drug-likeness (QED) is 0.761. The second kappa shape index (κ2) is 4.68. The number of likely N-dealkylation sites (tertiary alicyclic amines) is 1. The average molecular weight is 221 g/mol. The lowest BCUT2D eigenvalue weighted by atomic mass is 10.1. The van der Waals surface area contributed by atoms with Crippen molar-refractivity contribution in [2.75, 3.05) is 13.1 Å². The summed E-state index contributed by atoms with van der Waals surface area (Å²) in [5.74, 6) is 0.134. The standard InChI is InChI=1S/C12H19N3O/c1-3-10-9-11(14(2)13-10)12(16)15-7-5-4-6-8-15/h9H,3-8H2,1-2H3. The highest BCUT2D eigenvalue weighted by Crippen LogP contribution is 2.13. The van der Waals surface area contributed by atoms with Crippen LogP contribution in [0.3, 0.4) is 0 Å². The van der Waals surface area contributed by atoms with Crippen molar-refractivity contribution in [2.45, 2.75) is 32.6 Å². The van der Waals surface area contributed by atoms with Gasteiger partial charge in [0, 0.05) is 20.1 Å². The van der Waals surface area contributed by atoms with Gasteiger partial charge >= 0.3 is 0 Å². The molecule has 0 aliphatic carbocycles. The highest BCUT2D eigenvalue weighted by molar-refractivity contribution is 5.92. The lowest BCUT2D eigenvalue weighted by Crippen LogP contribution is -2.36. The van der Waals surface area contributed by atoms with E-state index >= 15 is 0 Å². The topological polar surface area (TPSA) is 38.1 Å². The van der Waals surface area contributed by atoms with Gasteiger partial charge in [-0.15, -0.1) is 0 Å². The highest BCUT2D eigenvalue weighted by atomic mass is 16.2. The molecular weight excluding hydrogens is 202 g/mol. The van der Waals surface area contributed by atoms with Gasteiger partial charge in [0.05, 0.1) is 5.69 Å². The summed E-state index contributed by atoms with van der Waals surface area (Å²) in [6.07, 6.45) is 4.38. The Hall–Kier alpha value is -1.32. The molecule has 0 unspecified atom stereocenters. The van der Waals surface area contributed by atoms with E-state index in [1.165, 1.54) is 6.42 Å². The maximum Gasteiger partial charge on any atom is 0.272 e. The fraction of sp³-hybridized carbons (Fsp3) is 0.667. The number of aryl methyl sites for hydroxylation is 2. The van der Waals surface area contributed by atoms with E-state index < -0.39 is 0 Å². The zero-order valence-electron chi connectivity index (χ0n) is 10.1. The normalized spacial score (nSPS) is 16.5. The molecule has 0 bridgehead atoms. The molecule has 0 saturated carbocycles. The van der Waals surface area contributed by atoms with Gasteiger partial charge in [0.15, 0.2) is 0 Å². The number of carbonyl (C=O) groups is 1. The minimum absolute atomic E-state index is 0.134. The Morgan fingerprint density at radius 2 is 2.06 bits per heavy atom. The lowest BCUT2D eigenvalue weighted by molar-refractivity contribution is 0.0713. The lowest BCUT2D eigenvalue weighted by Gasteiger charge is -2.26. The van der Waals surface area contributed by atoms with E-state index in [9.17, 15) is 4.79 Å². The van der Waals surface area contributed by atoms with Crippen LogP contribution >= 0.6 is 0 Å². The first-order valence-corrected chi connectivity index (χ1v) is 6.04. The molecule has 1 aliphatic rings. The molecule has 4 heteroatoms. The van der Waals surface area contributed by atoms with Gasteiger partial charge in [-0.1, -0.05) is 6.92 Å². The predicted octanol–water partition coefficient (Wildman–Crippen LogP) is 1.61. The molecule has 0 aromatic carbocycles. The van der Waals surface area contributed by atoms with Crippen LogP contribution in [-0.4, -0.2) is 33.7 Å². The largest absolute Gasteiger partial charge is 0.337 e. The number of aromatic nitrogens is 2. The molecule has 88 valence electrons. The van der Waals surface area contributed by atoms with Gasteiger partial charge in [-0.25, -0.2) is 0 Å². The summed E-state index contributed by atoms with van der Waals surface area (Å²) < 4.78 is 1.70. The van der Waals surface area contributed by atoms with Crippen LogP contribution in [0.4, 0.5) is 0 Å². The van der Waals surface area contributed by atoms with Crippen LogP contribution in [0.5, 0.6) is 0 Å². The van der Waals surface area contributed by atoms with Gasteiger partial charge in [0.1, 0.15) is 5.69 Å². The molecule has 2 rings (SSSR count). The molecule has 1 amide bonds. The minimum Gasteiger partial charge on any atom is -0.337 e. The average Bonchev–Trinajstić information content (AvgIpc) is 2.71. The first kappa shape index (κ1) is 11.2. The van der Waals surface area contributed by atoms with Crippen molar-refractivity contribution in [3.63, 3.8) is 0 Å². The predicted molar refractivity (Wildman–Crippen MR) is 62.3 cm³/mol. The SMILES string of the molecule is CCc1cc(C(=O)N2CCCCC2)n(C)n1. The molecule has 1 fully saturated rings. The third kappa shape index (κ3) is 2.10. The molecule has 16 heavy (non-hydrogen) atoms. The number of hydrogen-bond donors (Lipinski definition) is 0. The zero-order chi connectivity index (χ0) is 11.5. The third-order valence-corrected chi connectivity index (χ3v) is 3.16. The summed E-state index contributed by atoms with van der Waals surface area (Å²) in [5.41, 5.74) is 1.71. The molecule has 4 nitrogen and oxygen atoms in total. The van der Waals surface area contributed by atoms with Crippen molar-refractivity contribution in [1.82, 2.24) is 14.7 Å². The summed E-state index contributed by atoms with van der Waals surface area (Å²) in [6.45, 7) is 3.84. The van der Waals surface area contributed by atoms with E-state index in [2.05, 4.69) is 12.0 Å².